The molecular weight excluding hydrogens is 440 g/mol. The number of carbonyl (C=O) groups is 1. The van der Waals surface area contributed by atoms with Crippen LogP contribution in [0.15, 0.2) is 28.1 Å². The molecule has 9 heteroatoms. The number of ether oxygens (including phenoxy) is 1. The highest BCUT2D eigenvalue weighted by molar-refractivity contribution is 6.31. The molecule has 2 aliphatic rings. The number of nitrogens with zero attached hydrogens (tertiary/aromatic N) is 6. The molecule has 182 valence electrons. The first kappa shape index (κ1) is 25.3. The Labute approximate surface area is 202 Å². The van der Waals surface area contributed by atoms with E-state index in [1.807, 2.05) is 45.3 Å². The Morgan fingerprint density at radius 1 is 1.30 bits per heavy atom. The Morgan fingerprint density at radius 2 is 1.97 bits per heavy atom. The number of halogens is 1. The summed E-state index contributed by atoms with van der Waals surface area (Å²) in [6, 6.07) is 0.221. The zero-order valence-electron chi connectivity index (χ0n) is 20.9. The third-order valence-electron chi connectivity index (χ3n) is 6.20. The number of hydrogen-bond acceptors (Lipinski definition) is 5. The van der Waals surface area contributed by atoms with Crippen molar-refractivity contribution >= 4 is 29.2 Å². The van der Waals surface area contributed by atoms with Gasteiger partial charge in [0.1, 0.15) is 17.1 Å². The Morgan fingerprint density at radius 3 is 2.52 bits per heavy atom. The summed E-state index contributed by atoms with van der Waals surface area (Å²) in [6.45, 7) is 15.2. The normalized spacial score (nSPS) is 23.1. The summed E-state index contributed by atoms with van der Waals surface area (Å²) in [5.74, 6) is 1.75. The number of hydrogen-bond donors (Lipinski definition) is 0. The van der Waals surface area contributed by atoms with Gasteiger partial charge in [-0.25, -0.2) is 9.79 Å². The first-order valence-corrected chi connectivity index (χ1v) is 12.3. The fraction of sp³-hybridized carbons (Fsp3) is 0.667. The molecule has 1 saturated heterocycles. The van der Waals surface area contributed by atoms with Gasteiger partial charge in [0.2, 0.25) is 0 Å². The van der Waals surface area contributed by atoms with Crippen LogP contribution in [-0.4, -0.2) is 61.2 Å². The van der Waals surface area contributed by atoms with E-state index < -0.39 is 5.60 Å². The average Bonchev–Trinajstić information content (AvgIpc) is 3.25. The third-order valence-corrected chi connectivity index (χ3v) is 6.60. The first-order chi connectivity index (χ1) is 15.6. The largest absolute Gasteiger partial charge is 0.444 e. The van der Waals surface area contributed by atoms with Crippen LogP contribution in [0.3, 0.4) is 0 Å². The van der Waals surface area contributed by atoms with Crippen molar-refractivity contribution in [2.75, 3.05) is 13.1 Å². The number of amides is 1. The molecule has 0 aliphatic carbocycles. The van der Waals surface area contributed by atoms with Gasteiger partial charge in [-0.1, -0.05) is 31.5 Å². The van der Waals surface area contributed by atoms with E-state index in [0.717, 1.165) is 48.6 Å². The maximum absolute atomic E-state index is 12.6. The second kappa shape index (κ2) is 10.3. The van der Waals surface area contributed by atoms with Gasteiger partial charge in [-0.3, -0.25) is 4.57 Å². The van der Waals surface area contributed by atoms with Gasteiger partial charge in [0.05, 0.1) is 11.7 Å². The molecular formula is C24H37ClN6O2. The molecule has 2 aliphatic heterocycles. The van der Waals surface area contributed by atoms with Gasteiger partial charge in [0.25, 0.3) is 0 Å². The second-order valence-electron chi connectivity index (χ2n) is 9.62. The molecule has 3 heterocycles. The number of amidine groups is 1. The second-order valence-corrected chi connectivity index (χ2v) is 9.98. The number of piperidine rings is 1. The average molecular weight is 477 g/mol. The zero-order valence-corrected chi connectivity index (χ0v) is 21.7. The van der Waals surface area contributed by atoms with Crippen molar-refractivity contribution in [3.63, 3.8) is 0 Å². The zero-order chi connectivity index (χ0) is 24.3. The van der Waals surface area contributed by atoms with E-state index in [1.165, 1.54) is 0 Å². The fourth-order valence-corrected chi connectivity index (χ4v) is 4.56. The number of aromatic nitrogens is 3. The Bertz CT molecular complexity index is 950. The van der Waals surface area contributed by atoms with Gasteiger partial charge in [-0.2, -0.15) is 0 Å². The minimum absolute atomic E-state index is 0.0272. The molecule has 1 amide bonds. The molecule has 1 aromatic heterocycles. The lowest BCUT2D eigenvalue weighted by atomic mass is 9.97. The van der Waals surface area contributed by atoms with Crippen molar-refractivity contribution in [1.29, 1.82) is 0 Å². The molecule has 33 heavy (non-hydrogen) atoms. The maximum atomic E-state index is 12.6. The highest BCUT2D eigenvalue weighted by Crippen LogP contribution is 2.38. The Hall–Kier alpha value is -2.35. The molecule has 1 unspecified atom stereocenters. The smallest absolute Gasteiger partial charge is 0.410 e. The van der Waals surface area contributed by atoms with Crippen molar-refractivity contribution in [3.8, 4) is 0 Å². The lowest BCUT2D eigenvalue weighted by molar-refractivity contribution is 0.0157. The molecule has 1 fully saturated rings. The molecule has 8 nitrogen and oxygen atoms in total. The van der Waals surface area contributed by atoms with E-state index in [4.69, 9.17) is 21.3 Å². The number of aliphatic imine (C=N–C) groups is 1. The SMILES string of the molecule is CC=C1C(=NC(Cl)=C(C)CC)N(C2CCN(C(=O)OC(C)(C)C)CC2)C(CC)c2nncn21. The van der Waals surface area contributed by atoms with Crippen LogP contribution in [0.5, 0.6) is 0 Å². The summed E-state index contributed by atoms with van der Waals surface area (Å²) in [7, 11) is 0. The summed E-state index contributed by atoms with van der Waals surface area (Å²) in [6.07, 6.45) is 6.85. The molecule has 0 saturated carbocycles. The predicted molar refractivity (Wildman–Crippen MR) is 132 cm³/mol. The van der Waals surface area contributed by atoms with E-state index in [1.54, 1.807) is 11.2 Å². The van der Waals surface area contributed by atoms with Gasteiger partial charge in [0.15, 0.2) is 11.7 Å². The molecule has 0 radical (unpaired) electrons. The van der Waals surface area contributed by atoms with E-state index in [9.17, 15) is 4.79 Å². The molecule has 0 spiro atoms. The fourth-order valence-electron chi connectivity index (χ4n) is 4.35. The number of likely N-dealkylation sites (tertiary alicyclic amines) is 1. The first-order valence-electron chi connectivity index (χ1n) is 11.9. The molecule has 3 rings (SSSR count). The highest BCUT2D eigenvalue weighted by Gasteiger charge is 2.40. The minimum atomic E-state index is -0.501. The van der Waals surface area contributed by atoms with Crippen molar-refractivity contribution in [2.45, 2.75) is 91.8 Å². The van der Waals surface area contributed by atoms with Crippen LogP contribution in [0.4, 0.5) is 4.79 Å². The molecule has 1 aromatic rings. The molecule has 1 atom stereocenters. The monoisotopic (exact) mass is 476 g/mol. The van der Waals surface area contributed by atoms with Crippen LogP contribution < -0.4 is 0 Å². The summed E-state index contributed by atoms with van der Waals surface area (Å²) >= 11 is 6.64. The van der Waals surface area contributed by atoms with Crippen LogP contribution in [-0.2, 0) is 4.74 Å². The number of fused-ring (bicyclic) bond motifs is 1. The Kier molecular flexibility index (Phi) is 7.88. The van der Waals surface area contributed by atoms with E-state index in [-0.39, 0.29) is 18.2 Å². The van der Waals surface area contributed by atoms with Crippen molar-refractivity contribution in [2.24, 2.45) is 4.99 Å². The number of rotatable bonds is 4. The van der Waals surface area contributed by atoms with E-state index >= 15 is 0 Å². The van der Waals surface area contributed by atoms with E-state index in [0.29, 0.717) is 18.2 Å². The van der Waals surface area contributed by atoms with Crippen molar-refractivity contribution in [1.82, 2.24) is 24.6 Å². The van der Waals surface area contributed by atoms with E-state index in [2.05, 4.69) is 28.9 Å². The van der Waals surface area contributed by atoms with Gasteiger partial charge in [-0.05, 0) is 65.9 Å². The van der Waals surface area contributed by atoms with Crippen LogP contribution in [0.25, 0.3) is 5.70 Å². The van der Waals surface area contributed by atoms with Crippen LogP contribution >= 0.6 is 11.6 Å². The Balaban J connectivity index is 1.96. The standard InChI is InChI=1S/C24H37ClN6O2/c1-8-16(4)20(25)27-21-18(9-2)30-15-26-28-22(30)19(10-3)31(21)17-11-13-29(14-12-17)23(32)33-24(5,6)7/h9,15,17,19H,8,10-14H2,1-7H3. The number of allylic oxidation sites excluding steroid dienone is 2. The summed E-state index contributed by atoms with van der Waals surface area (Å²) < 4.78 is 7.60. The van der Waals surface area contributed by atoms with Crippen LogP contribution in [0.1, 0.15) is 86.0 Å². The number of carbonyl (C=O) groups excluding carboxylic acids is 1. The molecule has 0 N–H and O–H groups in total. The maximum Gasteiger partial charge on any atom is 0.410 e. The summed E-state index contributed by atoms with van der Waals surface area (Å²) in [5.41, 5.74) is 1.47. The van der Waals surface area contributed by atoms with Gasteiger partial charge >= 0.3 is 6.09 Å². The lowest BCUT2D eigenvalue weighted by Gasteiger charge is -2.46. The van der Waals surface area contributed by atoms with Crippen molar-refractivity contribution in [3.05, 3.63) is 29.0 Å². The molecule has 0 aromatic carbocycles. The highest BCUT2D eigenvalue weighted by atomic mass is 35.5. The topological polar surface area (TPSA) is 75.8 Å². The minimum Gasteiger partial charge on any atom is -0.444 e. The summed E-state index contributed by atoms with van der Waals surface area (Å²) in [4.78, 5) is 21.7. The third kappa shape index (κ3) is 5.42. The lowest BCUT2D eigenvalue weighted by Crippen LogP contribution is -2.53. The van der Waals surface area contributed by atoms with Crippen LogP contribution in [0.2, 0.25) is 0 Å². The quantitative estimate of drug-likeness (QED) is 0.530. The van der Waals surface area contributed by atoms with Crippen LogP contribution in [0, 0.1) is 0 Å². The van der Waals surface area contributed by atoms with Gasteiger partial charge in [-0.15, -0.1) is 10.2 Å². The van der Waals surface area contributed by atoms with Crippen molar-refractivity contribution < 1.29 is 9.53 Å². The molecule has 0 bridgehead atoms. The summed E-state index contributed by atoms with van der Waals surface area (Å²) in [5, 5.41) is 9.16. The van der Waals surface area contributed by atoms with Gasteiger partial charge in [0, 0.05) is 19.1 Å². The predicted octanol–water partition coefficient (Wildman–Crippen LogP) is 5.58. The van der Waals surface area contributed by atoms with Gasteiger partial charge < -0.3 is 14.5 Å².